The van der Waals surface area contributed by atoms with Crippen molar-refractivity contribution in [3.8, 4) is 0 Å². The van der Waals surface area contributed by atoms with Crippen molar-refractivity contribution in [1.82, 2.24) is 0 Å². The Balaban J connectivity index is 2.71. The molecule has 1 aromatic carbocycles. The summed E-state index contributed by atoms with van der Waals surface area (Å²) in [6, 6.07) is 7.65. The lowest BCUT2D eigenvalue weighted by Crippen LogP contribution is -2.00. The van der Waals surface area contributed by atoms with Crippen LogP contribution in [0.1, 0.15) is 5.56 Å². The molecule has 0 saturated carbocycles. The van der Waals surface area contributed by atoms with Gasteiger partial charge in [0.2, 0.25) is 7.01 Å². The molecule has 0 atom stereocenters. The van der Waals surface area contributed by atoms with Crippen LogP contribution in [-0.2, 0) is 13.4 Å². The first-order valence-electron chi connectivity index (χ1n) is 3.65. The lowest BCUT2D eigenvalue weighted by Gasteiger charge is -2.01. The van der Waals surface area contributed by atoms with Gasteiger partial charge in [-0.2, -0.15) is 0 Å². The Labute approximate surface area is 98.4 Å². The van der Waals surface area contributed by atoms with E-state index in [-0.39, 0.29) is 5.75 Å². The number of hydrogen-bond acceptors (Lipinski definition) is 2. The van der Waals surface area contributed by atoms with Gasteiger partial charge in [0.1, 0.15) is 0 Å². The Bertz CT molecular complexity index is 389. The molecule has 1 rings (SSSR count). The van der Waals surface area contributed by atoms with Gasteiger partial charge in [-0.3, -0.25) is 0 Å². The summed E-state index contributed by atoms with van der Waals surface area (Å²) < 4.78 is 22.7. The quantitative estimate of drug-likeness (QED) is 0.602. The van der Waals surface area contributed by atoms with Gasteiger partial charge in [0.05, 0.1) is 27.0 Å². The maximum atomic E-state index is 10.9. The van der Waals surface area contributed by atoms with Crippen LogP contribution in [-0.4, -0.2) is 14.2 Å². The third-order valence-corrected chi connectivity index (χ3v) is 4.36. The molecule has 0 radical (unpaired) electrons. The molecule has 0 aromatic heterocycles. The van der Waals surface area contributed by atoms with Crippen molar-refractivity contribution in [3.63, 3.8) is 0 Å². The lowest BCUT2D eigenvalue weighted by atomic mass is 10.2. The maximum absolute atomic E-state index is 10.9. The van der Waals surface area contributed by atoms with Gasteiger partial charge in [-0.15, -0.1) is 0 Å². The SMILES string of the molecule is O=S(=O)(I)CCc1ccccc1Br. The fourth-order valence-corrected chi connectivity index (χ4v) is 2.54. The van der Waals surface area contributed by atoms with Crippen molar-refractivity contribution in [2.24, 2.45) is 0 Å². The van der Waals surface area contributed by atoms with Crippen molar-refractivity contribution < 1.29 is 8.42 Å². The van der Waals surface area contributed by atoms with Crippen LogP contribution >= 0.6 is 37.1 Å². The fraction of sp³-hybridized carbons (Fsp3) is 0.250. The summed E-state index contributed by atoms with van der Waals surface area (Å²) >= 11 is 4.84. The van der Waals surface area contributed by atoms with E-state index >= 15 is 0 Å². The van der Waals surface area contributed by atoms with E-state index in [2.05, 4.69) is 15.9 Å². The Morgan fingerprint density at radius 1 is 1.31 bits per heavy atom. The summed E-state index contributed by atoms with van der Waals surface area (Å²) in [4.78, 5) is 0. The molecule has 0 bridgehead atoms. The molecule has 0 fully saturated rings. The molecular formula is C8H8BrIO2S. The molecule has 0 unspecified atom stereocenters. The number of hydrogen-bond donors (Lipinski definition) is 0. The van der Waals surface area contributed by atoms with Gasteiger partial charge < -0.3 is 0 Å². The first-order valence-corrected chi connectivity index (χ1v) is 8.63. The second-order valence-corrected chi connectivity index (χ2v) is 8.95. The molecule has 0 heterocycles. The molecule has 0 saturated heterocycles. The van der Waals surface area contributed by atoms with Crippen LogP contribution in [0.3, 0.4) is 0 Å². The van der Waals surface area contributed by atoms with Crippen LogP contribution in [0.15, 0.2) is 28.7 Å². The summed E-state index contributed by atoms with van der Waals surface area (Å²) in [6.45, 7) is 0. The first-order chi connectivity index (χ1) is 5.99. The Hall–Kier alpha value is 0.380. The average molecular weight is 375 g/mol. The fourth-order valence-electron chi connectivity index (χ4n) is 0.933. The molecule has 13 heavy (non-hydrogen) atoms. The number of halogens is 2. The van der Waals surface area contributed by atoms with Crippen LogP contribution in [0.25, 0.3) is 0 Å². The normalized spacial score (nSPS) is 11.5. The summed E-state index contributed by atoms with van der Waals surface area (Å²) in [5.74, 6) is 0.191. The molecule has 0 amide bonds. The Morgan fingerprint density at radius 2 is 1.92 bits per heavy atom. The van der Waals surface area contributed by atoms with Crippen molar-refractivity contribution in [2.75, 3.05) is 5.75 Å². The van der Waals surface area contributed by atoms with Gasteiger partial charge in [0.25, 0.3) is 0 Å². The minimum absolute atomic E-state index is 0.191. The van der Waals surface area contributed by atoms with Crippen molar-refractivity contribution >= 4 is 44.1 Å². The maximum Gasteiger partial charge on any atom is 0.203 e. The Kier molecular flexibility index (Phi) is 4.18. The summed E-state index contributed by atoms with van der Waals surface area (Å²) in [7, 11) is -2.89. The van der Waals surface area contributed by atoms with Gasteiger partial charge in [0.15, 0.2) is 0 Å². The predicted molar refractivity (Wildman–Crippen MR) is 65.7 cm³/mol. The van der Waals surface area contributed by atoms with Gasteiger partial charge in [-0.05, 0) is 18.1 Å². The monoisotopic (exact) mass is 374 g/mol. The van der Waals surface area contributed by atoms with E-state index in [4.69, 9.17) is 0 Å². The van der Waals surface area contributed by atoms with Crippen LogP contribution in [0.4, 0.5) is 0 Å². The molecule has 0 aliphatic rings. The zero-order valence-electron chi connectivity index (χ0n) is 6.70. The van der Waals surface area contributed by atoms with E-state index in [0.29, 0.717) is 6.42 Å². The van der Waals surface area contributed by atoms with Gasteiger partial charge in [-0.25, -0.2) is 8.42 Å². The van der Waals surface area contributed by atoms with Gasteiger partial charge in [-0.1, -0.05) is 34.1 Å². The molecule has 5 heteroatoms. The third-order valence-electron chi connectivity index (χ3n) is 1.57. The summed E-state index contributed by atoms with van der Waals surface area (Å²) in [6.07, 6.45) is 0.562. The van der Waals surface area contributed by atoms with Gasteiger partial charge >= 0.3 is 0 Å². The van der Waals surface area contributed by atoms with E-state index in [9.17, 15) is 8.42 Å². The standard InChI is InChI=1S/C8H8BrIO2S/c9-8-4-2-1-3-7(8)5-6-13(10,11)12/h1-4H,5-6H2. The molecular weight excluding hydrogens is 367 g/mol. The third kappa shape index (κ3) is 4.42. The number of benzene rings is 1. The number of rotatable bonds is 3. The van der Waals surface area contributed by atoms with E-state index < -0.39 is 7.01 Å². The summed E-state index contributed by atoms with van der Waals surface area (Å²) in [5.41, 5.74) is 1.03. The molecule has 0 N–H and O–H groups in total. The first kappa shape index (κ1) is 11.5. The molecule has 72 valence electrons. The highest BCUT2D eigenvalue weighted by Crippen LogP contribution is 2.17. The number of aryl methyl sites for hydroxylation is 1. The largest absolute Gasteiger partial charge is 0.218 e. The highest BCUT2D eigenvalue weighted by Gasteiger charge is 2.06. The molecule has 1 aromatic rings. The van der Waals surface area contributed by atoms with E-state index in [1.807, 2.05) is 24.3 Å². The van der Waals surface area contributed by atoms with Crippen molar-refractivity contribution in [1.29, 1.82) is 0 Å². The molecule has 0 aliphatic heterocycles. The van der Waals surface area contributed by atoms with Crippen LogP contribution in [0, 0.1) is 0 Å². The predicted octanol–water partition coefficient (Wildman–Crippen LogP) is 2.76. The van der Waals surface area contributed by atoms with E-state index in [1.165, 1.54) is 21.2 Å². The second kappa shape index (κ2) is 4.75. The zero-order chi connectivity index (χ0) is 9.90. The van der Waals surface area contributed by atoms with E-state index in [1.54, 1.807) is 0 Å². The minimum Gasteiger partial charge on any atom is -0.218 e. The topological polar surface area (TPSA) is 34.1 Å². The van der Waals surface area contributed by atoms with Crippen LogP contribution in [0.5, 0.6) is 0 Å². The smallest absolute Gasteiger partial charge is 0.203 e. The van der Waals surface area contributed by atoms with Crippen LogP contribution < -0.4 is 0 Å². The van der Waals surface area contributed by atoms with Crippen LogP contribution in [0.2, 0.25) is 0 Å². The molecule has 0 aliphatic carbocycles. The lowest BCUT2D eigenvalue weighted by molar-refractivity contribution is 0.612. The molecule has 2 nitrogen and oxygen atoms in total. The molecule has 0 spiro atoms. The highest BCUT2D eigenvalue weighted by atomic mass is 127. The van der Waals surface area contributed by atoms with E-state index in [0.717, 1.165) is 10.0 Å². The minimum atomic E-state index is -2.89. The average Bonchev–Trinajstić information content (AvgIpc) is 2.01. The second-order valence-electron chi connectivity index (χ2n) is 2.58. The summed E-state index contributed by atoms with van der Waals surface area (Å²) in [5, 5.41) is 0. The van der Waals surface area contributed by atoms with Crippen molar-refractivity contribution in [3.05, 3.63) is 34.3 Å². The zero-order valence-corrected chi connectivity index (χ0v) is 11.3. The Morgan fingerprint density at radius 3 is 2.46 bits per heavy atom. The van der Waals surface area contributed by atoms with Gasteiger partial charge in [0, 0.05) is 4.47 Å². The van der Waals surface area contributed by atoms with Crippen molar-refractivity contribution in [2.45, 2.75) is 6.42 Å². The highest BCUT2D eigenvalue weighted by molar-refractivity contribution is 14.2.